The predicted molar refractivity (Wildman–Crippen MR) is 136 cm³/mol. The van der Waals surface area contributed by atoms with Crippen molar-refractivity contribution in [1.82, 2.24) is 14.3 Å². The molecule has 1 fully saturated rings. The zero-order valence-corrected chi connectivity index (χ0v) is 19.9. The fourth-order valence-corrected chi connectivity index (χ4v) is 4.80. The van der Waals surface area contributed by atoms with Gasteiger partial charge in [0.25, 0.3) is 0 Å². The molecule has 0 aliphatic carbocycles. The van der Waals surface area contributed by atoms with E-state index in [1.807, 2.05) is 53.6 Å². The summed E-state index contributed by atoms with van der Waals surface area (Å²) >= 11 is 0. The third-order valence-electron chi connectivity index (χ3n) is 6.54. The van der Waals surface area contributed by atoms with E-state index in [1.54, 1.807) is 25.3 Å². The van der Waals surface area contributed by atoms with Gasteiger partial charge in [0.05, 0.1) is 24.0 Å². The number of carbonyl (C=O) groups excluding carboxylic acids is 2. The molecule has 0 bridgehead atoms. The van der Waals surface area contributed by atoms with E-state index in [1.165, 1.54) is 6.92 Å². The molecular formula is C28H28N4O3. The number of fused-ring (bicyclic) bond motifs is 1. The summed E-state index contributed by atoms with van der Waals surface area (Å²) in [6, 6.07) is 20.9. The Labute approximate surface area is 204 Å². The van der Waals surface area contributed by atoms with Crippen molar-refractivity contribution in [2.24, 2.45) is 0 Å². The molecule has 0 radical (unpaired) electrons. The lowest BCUT2D eigenvalue weighted by Crippen LogP contribution is -2.42. The molecule has 0 saturated carbocycles. The van der Waals surface area contributed by atoms with E-state index in [-0.39, 0.29) is 17.7 Å². The van der Waals surface area contributed by atoms with Crippen molar-refractivity contribution in [3.05, 3.63) is 84.3 Å². The maximum atomic E-state index is 13.1. The first-order valence-corrected chi connectivity index (χ1v) is 11.8. The first-order valence-electron chi connectivity index (χ1n) is 11.8. The number of nitrogens with one attached hydrogen (secondary N) is 1. The van der Waals surface area contributed by atoms with Gasteiger partial charge in [0.2, 0.25) is 0 Å². The Kier molecular flexibility index (Phi) is 6.23. The van der Waals surface area contributed by atoms with E-state index in [9.17, 15) is 9.59 Å². The molecule has 4 aromatic rings. The van der Waals surface area contributed by atoms with E-state index in [0.29, 0.717) is 24.3 Å². The Hall–Kier alpha value is -4.13. The summed E-state index contributed by atoms with van der Waals surface area (Å²) in [6.45, 7) is 2.72. The number of pyridine rings is 1. The topological polar surface area (TPSA) is 75.9 Å². The molecule has 2 aromatic heterocycles. The van der Waals surface area contributed by atoms with E-state index < -0.39 is 0 Å². The molecule has 178 valence electrons. The van der Waals surface area contributed by atoms with Gasteiger partial charge in [-0.05, 0) is 56.2 Å². The highest BCUT2D eigenvalue weighted by atomic mass is 16.5. The average molecular weight is 469 g/mol. The van der Waals surface area contributed by atoms with Crippen molar-refractivity contribution in [2.75, 3.05) is 25.5 Å². The first kappa shape index (κ1) is 22.7. The van der Waals surface area contributed by atoms with Crippen LogP contribution in [-0.4, -0.2) is 46.3 Å². The lowest BCUT2D eigenvalue weighted by molar-refractivity contribution is 0.101. The van der Waals surface area contributed by atoms with Gasteiger partial charge in [0, 0.05) is 36.3 Å². The number of ether oxygens (including phenoxy) is 1. The van der Waals surface area contributed by atoms with Gasteiger partial charge in [0.1, 0.15) is 11.6 Å². The Morgan fingerprint density at radius 3 is 2.71 bits per heavy atom. The van der Waals surface area contributed by atoms with Gasteiger partial charge in [-0.2, -0.15) is 0 Å². The monoisotopic (exact) mass is 468 g/mol. The number of anilines is 1. The molecule has 1 atom stereocenters. The molecule has 5 rings (SSSR count). The molecule has 7 nitrogen and oxygen atoms in total. The van der Waals surface area contributed by atoms with E-state index >= 15 is 0 Å². The molecule has 1 saturated heterocycles. The normalized spacial score (nSPS) is 15.7. The summed E-state index contributed by atoms with van der Waals surface area (Å²) in [7, 11) is 1.66. The summed E-state index contributed by atoms with van der Waals surface area (Å²) < 4.78 is 7.55. The number of carbonyl (C=O) groups is 2. The molecule has 7 heteroatoms. The van der Waals surface area contributed by atoms with Crippen LogP contribution in [0.5, 0.6) is 5.75 Å². The number of hydrogen-bond acceptors (Lipinski definition) is 4. The van der Waals surface area contributed by atoms with Crippen molar-refractivity contribution in [1.29, 1.82) is 0 Å². The van der Waals surface area contributed by atoms with Crippen molar-refractivity contribution in [3.63, 3.8) is 0 Å². The summed E-state index contributed by atoms with van der Waals surface area (Å²) in [6.07, 6.45) is 3.85. The molecule has 1 aliphatic heterocycles. The zero-order valence-electron chi connectivity index (χ0n) is 19.9. The first-order chi connectivity index (χ1) is 17.0. The molecule has 0 spiro atoms. The highest BCUT2D eigenvalue weighted by Gasteiger charge is 2.29. The maximum Gasteiger partial charge on any atom is 0.321 e. The number of nitrogens with zero attached hydrogens (tertiary/aromatic N) is 3. The number of piperidine rings is 1. The number of para-hydroxylation sites is 1. The molecular weight excluding hydrogens is 440 g/mol. The van der Waals surface area contributed by atoms with E-state index in [2.05, 4.69) is 15.8 Å². The standard InChI is InChI=1S/C28H28N4O3/c1-19(33)23-12-3-4-13-24(23)29-28(34)31-15-8-10-21(18-31)27-30-26(25-14-5-6-16-32(25)27)20-9-7-11-22(17-20)35-2/h3-7,9,11-14,16-17,21H,8,10,15,18H2,1-2H3,(H,29,34)/t21-/m1/s1. The summed E-state index contributed by atoms with van der Waals surface area (Å²) in [5.74, 6) is 1.74. The number of urea groups is 1. The number of rotatable bonds is 5. The number of hydrogen-bond donors (Lipinski definition) is 1. The number of Topliss-reactive ketones (excluding diaryl/α,β-unsaturated/α-hetero) is 1. The fourth-order valence-electron chi connectivity index (χ4n) is 4.80. The van der Waals surface area contributed by atoms with Crippen LogP contribution in [0.25, 0.3) is 16.8 Å². The third kappa shape index (κ3) is 4.49. The van der Waals surface area contributed by atoms with Gasteiger partial charge in [-0.25, -0.2) is 9.78 Å². The van der Waals surface area contributed by atoms with Crippen molar-refractivity contribution >= 4 is 23.0 Å². The second-order valence-corrected chi connectivity index (χ2v) is 8.82. The highest BCUT2D eigenvalue weighted by Crippen LogP contribution is 2.33. The molecule has 1 aliphatic rings. The Bertz CT molecular complexity index is 1390. The molecule has 2 aromatic carbocycles. The summed E-state index contributed by atoms with van der Waals surface area (Å²) in [5, 5.41) is 2.94. The molecule has 1 N–H and O–H groups in total. The van der Waals surface area contributed by atoms with Crippen LogP contribution in [0.15, 0.2) is 72.9 Å². The minimum Gasteiger partial charge on any atom is -0.497 e. The van der Waals surface area contributed by atoms with Gasteiger partial charge in [-0.15, -0.1) is 0 Å². The zero-order chi connectivity index (χ0) is 24.4. The number of imidazole rings is 1. The Morgan fingerprint density at radius 1 is 1.06 bits per heavy atom. The number of benzene rings is 2. The lowest BCUT2D eigenvalue weighted by atomic mass is 9.97. The van der Waals surface area contributed by atoms with Crippen molar-refractivity contribution < 1.29 is 14.3 Å². The second-order valence-electron chi connectivity index (χ2n) is 8.82. The highest BCUT2D eigenvalue weighted by molar-refractivity contribution is 6.03. The van der Waals surface area contributed by atoms with E-state index in [0.717, 1.165) is 41.2 Å². The van der Waals surface area contributed by atoms with Gasteiger partial charge in [-0.1, -0.05) is 30.3 Å². The van der Waals surface area contributed by atoms with Gasteiger partial charge < -0.3 is 19.4 Å². The lowest BCUT2D eigenvalue weighted by Gasteiger charge is -2.32. The van der Waals surface area contributed by atoms with Crippen LogP contribution in [-0.2, 0) is 0 Å². The number of likely N-dealkylation sites (tertiary alicyclic amines) is 1. The SMILES string of the molecule is COc1cccc(-c2nc([C@@H]3CCCN(C(=O)Nc4ccccc4C(C)=O)C3)n3ccccc23)c1. The van der Waals surface area contributed by atoms with Crippen LogP contribution in [0.4, 0.5) is 10.5 Å². The molecule has 0 unspecified atom stereocenters. The molecule has 35 heavy (non-hydrogen) atoms. The minimum atomic E-state index is -0.197. The third-order valence-corrected chi connectivity index (χ3v) is 6.54. The van der Waals surface area contributed by atoms with Crippen LogP contribution in [0, 0.1) is 0 Å². The maximum absolute atomic E-state index is 13.1. The number of aromatic nitrogens is 2. The van der Waals surface area contributed by atoms with Crippen LogP contribution in [0.2, 0.25) is 0 Å². The van der Waals surface area contributed by atoms with Crippen molar-refractivity contribution in [3.8, 4) is 17.0 Å². The largest absolute Gasteiger partial charge is 0.497 e. The minimum absolute atomic E-state index is 0.0775. The molecule has 3 heterocycles. The average Bonchev–Trinajstić information content (AvgIpc) is 3.29. The fraction of sp³-hybridized carbons (Fsp3) is 0.250. The summed E-state index contributed by atoms with van der Waals surface area (Å²) in [5.41, 5.74) is 3.96. The smallest absolute Gasteiger partial charge is 0.321 e. The number of ketones is 1. The summed E-state index contributed by atoms with van der Waals surface area (Å²) in [4.78, 5) is 32.0. The number of amides is 2. The van der Waals surface area contributed by atoms with Crippen LogP contribution in [0.3, 0.4) is 0 Å². The van der Waals surface area contributed by atoms with Crippen LogP contribution < -0.4 is 10.1 Å². The van der Waals surface area contributed by atoms with Gasteiger partial charge in [-0.3, -0.25) is 4.79 Å². The van der Waals surface area contributed by atoms with Crippen LogP contribution in [0.1, 0.15) is 41.9 Å². The molecule has 2 amide bonds. The Morgan fingerprint density at radius 2 is 1.89 bits per heavy atom. The van der Waals surface area contributed by atoms with Crippen LogP contribution >= 0.6 is 0 Å². The van der Waals surface area contributed by atoms with Gasteiger partial charge >= 0.3 is 6.03 Å². The second kappa shape index (κ2) is 9.62. The van der Waals surface area contributed by atoms with E-state index in [4.69, 9.17) is 9.72 Å². The van der Waals surface area contributed by atoms with Crippen molar-refractivity contribution in [2.45, 2.75) is 25.7 Å². The quantitative estimate of drug-likeness (QED) is 0.386. The number of methoxy groups -OCH3 is 1. The predicted octanol–water partition coefficient (Wildman–Crippen LogP) is 5.62. The Balaban J connectivity index is 1.43. The van der Waals surface area contributed by atoms with Gasteiger partial charge in [0.15, 0.2) is 5.78 Å².